The second-order valence-electron chi connectivity index (χ2n) is 5.81. The number of cyclic esters (lactones) is 1. The van der Waals surface area contributed by atoms with E-state index in [2.05, 4.69) is 10.3 Å². The molecule has 0 aliphatic carbocycles. The summed E-state index contributed by atoms with van der Waals surface area (Å²) >= 11 is 0. The van der Waals surface area contributed by atoms with Crippen molar-refractivity contribution in [2.75, 3.05) is 23.4 Å². The summed E-state index contributed by atoms with van der Waals surface area (Å²) in [6.45, 7) is 6.58. The number of rotatable bonds is 3. The van der Waals surface area contributed by atoms with Gasteiger partial charge in [0, 0.05) is 16.9 Å². The highest BCUT2D eigenvalue weighted by Crippen LogP contribution is 2.23. The van der Waals surface area contributed by atoms with Gasteiger partial charge in [0.25, 0.3) is 5.91 Å². The summed E-state index contributed by atoms with van der Waals surface area (Å²) in [6, 6.07) is 8.87. The Morgan fingerprint density at radius 2 is 2.04 bits per heavy atom. The first-order chi connectivity index (χ1) is 11.5. The first kappa shape index (κ1) is 16.0. The Bertz CT molecular complexity index is 794. The number of pyridine rings is 1. The average molecular weight is 325 g/mol. The van der Waals surface area contributed by atoms with Crippen LogP contribution in [0.2, 0.25) is 0 Å². The van der Waals surface area contributed by atoms with Crippen molar-refractivity contribution < 1.29 is 14.3 Å². The van der Waals surface area contributed by atoms with Crippen LogP contribution in [0.25, 0.3) is 0 Å². The first-order valence-corrected chi connectivity index (χ1v) is 7.76. The number of benzene rings is 1. The predicted octanol–water partition coefficient (Wildman–Crippen LogP) is 3.22. The lowest BCUT2D eigenvalue weighted by Gasteiger charge is -2.15. The second kappa shape index (κ2) is 6.31. The fraction of sp³-hybridized carbons (Fsp3) is 0.278. The molecule has 124 valence electrons. The number of aryl methyl sites for hydroxylation is 3. The van der Waals surface area contributed by atoms with E-state index in [0.29, 0.717) is 24.4 Å². The van der Waals surface area contributed by atoms with Gasteiger partial charge in [-0.25, -0.2) is 4.79 Å². The molecule has 0 bridgehead atoms. The van der Waals surface area contributed by atoms with E-state index in [9.17, 15) is 9.59 Å². The Labute approximate surface area is 140 Å². The zero-order valence-corrected chi connectivity index (χ0v) is 13.9. The standard InChI is InChI=1S/C18H19N3O3/c1-11-9-12(2)19-13(3)16(11)20-17(22)14-5-4-6-15(10-14)21-7-8-24-18(21)23/h4-6,9-10H,7-8H2,1-3H3,(H,20,22). The fourth-order valence-corrected chi connectivity index (χ4v) is 2.84. The van der Waals surface area contributed by atoms with E-state index in [-0.39, 0.29) is 12.0 Å². The summed E-state index contributed by atoms with van der Waals surface area (Å²) in [5.41, 5.74) is 4.51. The Hall–Kier alpha value is -2.89. The zero-order chi connectivity index (χ0) is 17.3. The fourth-order valence-electron chi connectivity index (χ4n) is 2.84. The number of carbonyl (C=O) groups excluding carboxylic acids is 2. The van der Waals surface area contributed by atoms with E-state index < -0.39 is 0 Å². The third kappa shape index (κ3) is 3.08. The minimum atomic E-state index is -0.387. The van der Waals surface area contributed by atoms with Gasteiger partial charge in [-0.05, 0) is 50.6 Å². The molecule has 2 heterocycles. The number of nitrogens with one attached hydrogen (secondary N) is 1. The van der Waals surface area contributed by atoms with E-state index in [4.69, 9.17) is 4.74 Å². The van der Waals surface area contributed by atoms with Gasteiger partial charge >= 0.3 is 6.09 Å². The van der Waals surface area contributed by atoms with E-state index in [1.54, 1.807) is 24.3 Å². The lowest BCUT2D eigenvalue weighted by atomic mass is 10.1. The molecule has 1 aromatic carbocycles. The number of hydrogen-bond acceptors (Lipinski definition) is 4. The summed E-state index contributed by atoms with van der Waals surface area (Å²) in [6.07, 6.45) is -0.387. The molecular weight excluding hydrogens is 306 g/mol. The van der Waals surface area contributed by atoms with E-state index in [0.717, 1.165) is 22.6 Å². The molecule has 1 fully saturated rings. The van der Waals surface area contributed by atoms with Crippen LogP contribution in [0, 0.1) is 20.8 Å². The van der Waals surface area contributed by atoms with Gasteiger partial charge < -0.3 is 10.1 Å². The van der Waals surface area contributed by atoms with Crippen molar-refractivity contribution in [1.29, 1.82) is 0 Å². The molecule has 6 heteroatoms. The molecule has 2 amide bonds. The molecule has 1 aliphatic rings. The largest absolute Gasteiger partial charge is 0.447 e. The van der Waals surface area contributed by atoms with Gasteiger partial charge in [0.2, 0.25) is 0 Å². The van der Waals surface area contributed by atoms with Gasteiger partial charge in [0.1, 0.15) is 6.61 Å². The number of anilines is 2. The maximum atomic E-state index is 12.6. The van der Waals surface area contributed by atoms with Gasteiger partial charge in [0.15, 0.2) is 0 Å². The molecule has 0 spiro atoms. The maximum Gasteiger partial charge on any atom is 0.414 e. The Morgan fingerprint density at radius 3 is 2.71 bits per heavy atom. The molecule has 6 nitrogen and oxygen atoms in total. The molecular formula is C18H19N3O3. The van der Waals surface area contributed by atoms with Crippen LogP contribution in [0.15, 0.2) is 30.3 Å². The lowest BCUT2D eigenvalue weighted by molar-refractivity contribution is 0.102. The van der Waals surface area contributed by atoms with Gasteiger partial charge in [-0.2, -0.15) is 0 Å². The summed E-state index contributed by atoms with van der Waals surface area (Å²) in [7, 11) is 0. The molecule has 1 aromatic heterocycles. The van der Waals surface area contributed by atoms with Gasteiger partial charge in [-0.1, -0.05) is 6.07 Å². The van der Waals surface area contributed by atoms with Crippen LogP contribution in [0.1, 0.15) is 27.3 Å². The Balaban J connectivity index is 1.85. The number of amides is 2. The van der Waals surface area contributed by atoms with Crippen LogP contribution in [-0.4, -0.2) is 30.1 Å². The smallest absolute Gasteiger partial charge is 0.414 e. The van der Waals surface area contributed by atoms with Crippen LogP contribution >= 0.6 is 0 Å². The molecule has 1 saturated heterocycles. The van der Waals surface area contributed by atoms with E-state index in [1.165, 1.54) is 4.90 Å². The molecule has 0 atom stereocenters. The topological polar surface area (TPSA) is 71.5 Å². The van der Waals surface area contributed by atoms with Gasteiger partial charge in [0.05, 0.1) is 17.9 Å². The maximum absolute atomic E-state index is 12.6. The first-order valence-electron chi connectivity index (χ1n) is 7.76. The number of ether oxygens (including phenoxy) is 1. The molecule has 0 unspecified atom stereocenters. The minimum absolute atomic E-state index is 0.235. The van der Waals surface area contributed by atoms with Gasteiger partial charge in [-0.3, -0.25) is 14.7 Å². The van der Waals surface area contributed by atoms with Crippen LogP contribution in [0.3, 0.4) is 0 Å². The predicted molar refractivity (Wildman–Crippen MR) is 91.5 cm³/mol. The quantitative estimate of drug-likeness (QED) is 0.940. The van der Waals surface area contributed by atoms with Crippen molar-refractivity contribution in [1.82, 2.24) is 4.98 Å². The molecule has 0 saturated carbocycles. The second-order valence-corrected chi connectivity index (χ2v) is 5.81. The van der Waals surface area contributed by atoms with Crippen molar-refractivity contribution in [2.24, 2.45) is 0 Å². The molecule has 1 N–H and O–H groups in total. The van der Waals surface area contributed by atoms with Crippen LogP contribution < -0.4 is 10.2 Å². The van der Waals surface area contributed by atoms with Crippen molar-refractivity contribution in [3.63, 3.8) is 0 Å². The van der Waals surface area contributed by atoms with Crippen molar-refractivity contribution >= 4 is 23.4 Å². The monoisotopic (exact) mass is 325 g/mol. The highest BCUT2D eigenvalue weighted by Gasteiger charge is 2.24. The number of carbonyl (C=O) groups is 2. The number of aromatic nitrogens is 1. The van der Waals surface area contributed by atoms with E-state index in [1.807, 2.05) is 26.8 Å². The van der Waals surface area contributed by atoms with Crippen LogP contribution in [0.4, 0.5) is 16.2 Å². The summed E-state index contributed by atoms with van der Waals surface area (Å²) in [5, 5.41) is 2.91. The van der Waals surface area contributed by atoms with Crippen LogP contribution in [-0.2, 0) is 4.74 Å². The zero-order valence-electron chi connectivity index (χ0n) is 13.9. The Morgan fingerprint density at radius 1 is 1.25 bits per heavy atom. The van der Waals surface area contributed by atoms with Gasteiger partial charge in [-0.15, -0.1) is 0 Å². The molecule has 24 heavy (non-hydrogen) atoms. The van der Waals surface area contributed by atoms with Crippen molar-refractivity contribution in [3.05, 3.63) is 52.8 Å². The normalized spacial score (nSPS) is 13.8. The van der Waals surface area contributed by atoms with Crippen molar-refractivity contribution in [3.8, 4) is 0 Å². The number of nitrogens with zero attached hydrogens (tertiary/aromatic N) is 2. The molecule has 3 rings (SSSR count). The van der Waals surface area contributed by atoms with E-state index >= 15 is 0 Å². The molecule has 2 aromatic rings. The van der Waals surface area contributed by atoms with Crippen LogP contribution in [0.5, 0.6) is 0 Å². The third-order valence-corrected chi connectivity index (χ3v) is 3.94. The summed E-state index contributed by atoms with van der Waals surface area (Å²) in [5.74, 6) is -0.235. The molecule has 0 radical (unpaired) electrons. The van der Waals surface area contributed by atoms with Crippen molar-refractivity contribution in [2.45, 2.75) is 20.8 Å². The average Bonchev–Trinajstić information content (AvgIpc) is 2.97. The summed E-state index contributed by atoms with van der Waals surface area (Å²) in [4.78, 5) is 30.1. The third-order valence-electron chi connectivity index (χ3n) is 3.94. The Kier molecular flexibility index (Phi) is 4.20. The summed E-state index contributed by atoms with van der Waals surface area (Å²) < 4.78 is 4.94. The SMILES string of the molecule is Cc1cc(C)c(NC(=O)c2cccc(N3CCOC3=O)c2)c(C)n1. The minimum Gasteiger partial charge on any atom is -0.447 e. The highest BCUT2D eigenvalue weighted by molar-refractivity contribution is 6.06. The lowest BCUT2D eigenvalue weighted by Crippen LogP contribution is -2.24. The number of hydrogen-bond donors (Lipinski definition) is 1. The highest BCUT2D eigenvalue weighted by atomic mass is 16.6. The molecule has 1 aliphatic heterocycles.